The molecule has 3 heteroatoms. The van der Waals surface area contributed by atoms with Gasteiger partial charge in [-0.2, -0.15) is 4.39 Å². The van der Waals surface area contributed by atoms with Crippen LogP contribution in [-0.2, 0) is 0 Å². The molecule has 0 aliphatic carbocycles. The van der Waals surface area contributed by atoms with Crippen LogP contribution in [0.1, 0.15) is 30.9 Å². The van der Waals surface area contributed by atoms with E-state index in [2.05, 4.69) is 10.3 Å². The highest BCUT2D eigenvalue weighted by molar-refractivity contribution is 5.14. The molecule has 0 saturated carbocycles. The average molecular weight is 180 g/mol. The Morgan fingerprint density at radius 1 is 1.38 bits per heavy atom. The number of piperidine rings is 1. The molecular formula is C10H13FN2. The van der Waals surface area contributed by atoms with Crippen LogP contribution in [0.2, 0.25) is 0 Å². The second kappa shape index (κ2) is 3.83. The van der Waals surface area contributed by atoms with Crippen molar-refractivity contribution in [2.24, 2.45) is 0 Å². The van der Waals surface area contributed by atoms with Crippen LogP contribution < -0.4 is 5.32 Å². The molecule has 0 spiro atoms. The lowest BCUT2D eigenvalue weighted by molar-refractivity contribution is 0.410. The summed E-state index contributed by atoms with van der Waals surface area (Å²) in [6.07, 6.45) is 5.24. The van der Waals surface area contributed by atoms with E-state index in [1.54, 1.807) is 6.20 Å². The first kappa shape index (κ1) is 8.63. The first-order valence-electron chi connectivity index (χ1n) is 4.71. The van der Waals surface area contributed by atoms with Gasteiger partial charge in [0.25, 0.3) is 0 Å². The monoisotopic (exact) mass is 180 g/mol. The third-order valence-corrected chi connectivity index (χ3v) is 2.46. The van der Waals surface area contributed by atoms with Crippen molar-refractivity contribution in [2.45, 2.75) is 25.3 Å². The Labute approximate surface area is 77.2 Å². The van der Waals surface area contributed by atoms with Crippen molar-refractivity contribution in [3.63, 3.8) is 0 Å². The lowest BCUT2D eigenvalue weighted by atomic mass is 9.99. The summed E-state index contributed by atoms with van der Waals surface area (Å²) in [5, 5.41) is 3.39. The van der Waals surface area contributed by atoms with Crippen molar-refractivity contribution >= 4 is 0 Å². The van der Waals surface area contributed by atoms with E-state index in [9.17, 15) is 4.39 Å². The van der Waals surface area contributed by atoms with E-state index in [1.165, 1.54) is 18.9 Å². The van der Waals surface area contributed by atoms with Gasteiger partial charge in [-0.05, 0) is 31.0 Å². The maximum absolute atomic E-state index is 12.5. The minimum Gasteiger partial charge on any atom is -0.310 e. The fourth-order valence-electron chi connectivity index (χ4n) is 1.73. The van der Waals surface area contributed by atoms with Gasteiger partial charge >= 0.3 is 0 Å². The largest absolute Gasteiger partial charge is 0.310 e. The van der Waals surface area contributed by atoms with Crippen LogP contribution in [0.4, 0.5) is 4.39 Å². The summed E-state index contributed by atoms with van der Waals surface area (Å²) in [7, 11) is 0. The van der Waals surface area contributed by atoms with Gasteiger partial charge in [-0.25, -0.2) is 4.98 Å². The molecule has 1 fully saturated rings. The Balaban J connectivity index is 2.10. The highest BCUT2D eigenvalue weighted by Gasteiger charge is 2.14. The number of aromatic nitrogens is 1. The fraction of sp³-hybridized carbons (Fsp3) is 0.500. The van der Waals surface area contributed by atoms with Gasteiger partial charge < -0.3 is 5.32 Å². The summed E-state index contributed by atoms with van der Waals surface area (Å²) >= 11 is 0. The second-order valence-corrected chi connectivity index (χ2v) is 3.42. The van der Waals surface area contributed by atoms with Gasteiger partial charge in [-0.1, -0.05) is 12.5 Å². The fourth-order valence-corrected chi connectivity index (χ4v) is 1.73. The summed E-state index contributed by atoms with van der Waals surface area (Å²) in [5.74, 6) is -0.403. The third kappa shape index (κ3) is 2.04. The molecule has 2 rings (SSSR count). The molecule has 1 aliphatic heterocycles. The van der Waals surface area contributed by atoms with Crippen LogP contribution in [0, 0.1) is 5.95 Å². The molecule has 1 atom stereocenters. The molecule has 0 radical (unpaired) electrons. The predicted octanol–water partition coefficient (Wildman–Crippen LogP) is 2.04. The number of rotatable bonds is 1. The van der Waals surface area contributed by atoms with Crippen molar-refractivity contribution in [3.8, 4) is 0 Å². The zero-order chi connectivity index (χ0) is 9.10. The molecule has 1 aromatic heterocycles. The Hall–Kier alpha value is -0.960. The Morgan fingerprint density at radius 3 is 2.92 bits per heavy atom. The topological polar surface area (TPSA) is 24.9 Å². The molecule has 1 aliphatic rings. The molecular weight excluding hydrogens is 167 g/mol. The lowest BCUT2D eigenvalue weighted by Gasteiger charge is -2.23. The molecule has 1 unspecified atom stereocenters. The van der Waals surface area contributed by atoms with Crippen LogP contribution in [0.5, 0.6) is 0 Å². The van der Waals surface area contributed by atoms with Gasteiger partial charge in [-0.3, -0.25) is 0 Å². The minimum absolute atomic E-state index is 0.377. The number of pyridine rings is 1. The highest BCUT2D eigenvalue weighted by Crippen LogP contribution is 2.21. The van der Waals surface area contributed by atoms with E-state index >= 15 is 0 Å². The number of hydrogen-bond acceptors (Lipinski definition) is 2. The van der Waals surface area contributed by atoms with Crippen molar-refractivity contribution in [2.75, 3.05) is 6.54 Å². The molecule has 70 valence electrons. The first-order valence-corrected chi connectivity index (χ1v) is 4.71. The highest BCUT2D eigenvalue weighted by atomic mass is 19.1. The number of nitrogens with one attached hydrogen (secondary N) is 1. The van der Waals surface area contributed by atoms with E-state index in [-0.39, 0.29) is 0 Å². The molecule has 1 aromatic rings. The predicted molar refractivity (Wildman–Crippen MR) is 48.8 cm³/mol. The zero-order valence-electron chi connectivity index (χ0n) is 7.46. The van der Waals surface area contributed by atoms with Crippen LogP contribution in [0.25, 0.3) is 0 Å². The maximum Gasteiger partial charge on any atom is 0.212 e. The van der Waals surface area contributed by atoms with Crippen LogP contribution in [0.3, 0.4) is 0 Å². The van der Waals surface area contributed by atoms with E-state index in [1.807, 2.05) is 6.07 Å². The van der Waals surface area contributed by atoms with Crippen LogP contribution in [-0.4, -0.2) is 11.5 Å². The van der Waals surface area contributed by atoms with Gasteiger partial charge in [0.15, 0.2) is 0 Å². The van der Waals surface area contributed by atoms with Gasteiger partial charge in [0.05, 0.1) is 0 Å². The molecule has 0 amide bonds. The molecule has 13 heavy (non-hydrogen) atoms. The van der Waals surface area contributed by atoms with Gasteiger partial charge in [0.1, 0.15) is 0 Å². The van der Waals surface area contributed by atoms with Crippen molar-refractivity contribution in [3.05, 3.63) is 29.8 Å². The first-order chi connectivity index (χ1) is 6.36. The van der Waals surface area contributed by atoms with E-state index < -0.39 is 5.95 Å². The summed E-state index contributed by atoms with van der Waals surface area (Å²) in [4.78, 5) is 3.65. The van der Waals surface area contributed by atoms with E-state index in [0.717, 1.165) is 18.5 Å². The van der Waals surface area contributed by atoms with Crippen LogP contribution >= 0.6 is 0 Å². The maximum atomic E-state index is 12.5. The minimum atomic E-state index is -0.403. The smallest absolute Gasteiger partial charge is 0.212 e. The molecule has 1 saturated heterocycles. The van der Waals surface area contributed by atoms with Gasteiger partial charge in [-0.15, -0.1) is 0 Å². The van der Waals surface area contributed by atoms with Gasteiger partial charge in [0.2, 0.25) is 5.95 Å². The number of hydrogen-bond donors (Lipinski definition) is 1. The third-order valence-electron chi connectivity index (χ3n) is 2.46. The van der Waals surface area contributed by atoms with Crippen molar-refractivity contribution < 1.29 is 4.39 Å². The van der Waals surface area contributed by atoms with Crippen LogP contribution in [0.15, 0.2) is 18.3 Å². The quantitative estimate of drug-likeness (QED) is 0.669. The Morgan fingerprint density at radius 2 is 2.31 bits per heavy atom. The summed E-state index contributed by atoms with van der Waals surface area (Å²) < 4.78 is 12.5. The summed E-state index contributed by atoms with van der Waals surface area (Å²) in [5.41, 5.74) is 1.10. The molecule has 2 heterocycles. The van der Waals surface area contributed by atoms with E-state index in [0.29, 0.717) is 6.04 Å². The SMILES string of the molecule is Fc1ccc(C2CCCCN2)cn1. The van der Waals surface area contributed by atoms with E-state index in [4.69, 9.17) is 0 Å². The normalized spacial score (nSPS) is 23.0. The average Bonchev–Trinajstić information content (AvgIpc) is 2.20. The molecule has 1 N–H and O–H groups in total. The molecule has 2 nitrogen and oxygen atoms in total. The number of nitrogens with zero attached hydrogens (tertiary/aromatic N) is 1. The lowest BCUT2D eigenvalue weighted by Crippen LogP contribution is -2.26. The number of halogens is 1. The summed E-state index contributed by atoms with van der Waals surface area (Å²) in [6, 6.07) is 3.61. The Bertz CT molecular complexity index is 265. The van der Waals surface area contributed by atoms with Crippen molar-refractivity contribution in [1.82, 2.24) is 10.3 Å². The summed E-state index contributed by atoms with van der Waals surface area (Å²) in [6.45, 7) is 1.06. The second-order valence-electron chi connectivity index (χ2n) is 3.42. The van der Waals surface area contributed by atoms with Crippen molar-refractivity contribution in [1.29, 1.82) is 0 Å². The Kier molecular flexibility index (Phi) is 2.54. The molecule has 0 aromatic carbocycles. The zero-order valence-corrected chi connectivity index (χ0v) is 7.46. The molecule has 0 bridgehead atoms. The van der Waals surface area contributed by atoms with Gasteiger partial charge in [0, 0.05) is 12.2 Å². The standard InChI is InChI=1S/C10H13FN2/c11-10-5-4-8(7-13-10)9-3-1-2-6-12-9/h4-5,7,9,12H,1-3,6H2.